The predicted octanol–water partition coefficient (Wildman–Crippen LogP) is 9.60. The van der Waals surface area contributed by atoms with Crippen LogP contribution in [0.15, 0.2) is 192 Å². The highest BCUT2D eigenvalue weighted by Gasteiger charge is 2.54. The van der Waals surface area contributed by atoms with E-state index in [4.69, 9.17) is 9.98 Å². The summed E-state index contributed by atoms with van der Waals surface area (Å²) in [4.78, 5) is 10.9. The molecule has 224 valence electrons. The van der Waals surface area contributed by atoms with Crippen molar-refractivity contribution in [3.8, 4) is 0 Å². The van der Waals surface area contributed by atoms with Crippen molar-refractivity contribution in [3.63, 3.8) is 0 Å². The second kappa shape index (κ2) is 12.1. The van der Waals surface area contributed by atoms with Crippen molar-refractivity contribution in [2.75, 3.05) is 0 Å². The molecule has 1 N–H and O–H groups in total. The Balaban J connectivity index is 1.47. The van der Waals surface area contributed by atoms with E-state index in [0.29, 0.717) is 11.4 Å². The third-order valence-electron chi connectivity index (χ3n) is 9.01. The first-order chi connectivity index (χ1) is 23.2. The Labute approximate surface area is 275 Å². The van der Waals surface area contributed by atoms with E-state index in [0.717, 1.165) is 55.9 Å². The van der Waals surface area contributed by atoms with Gasteiger partial charge in [-0.05, 0) is 27.8 Å². The van der Waals surface area contributed by atoms with E-state index in [9.17, 15) is 5.11 Å². The third-order valence-corrected chi connectivity index (χ3v) is 9.01. The Morgan fingerprint density at radius 3 is 1.32 bits per heavy atom. The van der Waals surface area contributed by atoms with Crippen LogP contribution in [0.3, 0.4) is 0 Å². The predicted molar refractivity (Wildman–Crippen MR) is 194 cm³/mol. The first kappa shape index (κ1) is 28.6. The molecule has 2 unspecified atom stereocenters. The molecule has 0 saturated carbocycles. The minimum absolute atomic E-state index is 0.360. The molecule has 0 amide bonds. The van der Waals surface area contributed by atoms with Gasteiger partial charge in [-0.3, -0.25) is 4.99 Å². The average Bonchev–Trinajstić information content (AvgIpc) is 3.71. The van der Waals surface area contributed by atoms with Crippen molar-refractivity contribution in [1.82, 2.24) is 0 Å². The van der Waals surface area contributed by atoms with Gasteiger partial charge in [0.05, 0.1) is 28.7 Å². The van der Waals surface area contributed by atoms with Gasteiger partial charge in [-0.1, -0.05) is 182 Å². The molecule has 6 aromatic rings. The van der Waals surface area contributed by atoms with Gasteiger partial charge in [-0.2, -0.15) is 0 Å². The van der Waals surface area contributed by atoms with Crippen molar-refractivity contribution in [1.29, 1.82) is 0 Å². The first-order valence-corrected chi connectivity index (χ1v) is 15.9. The molecule has 3 heteroatoms. The van der Waals surface area contributed by atoms with Crippen LogP contribution in [0.1, 0.15) is 39.3 Å². The van der Waals surface area contributed by atoms with Crippen molar-refractivity contribution in [2.45, 2.75) is 11.5 Å². The number of hydrogen-bond donors (Lipinski definition) is 1. The molecule has 0 aliphatic carbocycles. The topological polar surface area (TPSA) is 45.0 Å². The summed E-state index contributed by atoms with van der Waals surface area (Å²) in [5.41, 5.74) is 8.68. The zero-order valence-corrected chi connectivity index (χ0v) is 25.7. The fourth-order valence-corrected chi connectivity index (χ4v) is 6.93. The smallest absolute Gasteiger partial charge is 0.174 e. The Hall–Kier alpha value is -5.90. The second-order valence-electron chi connectivity index (χ2n) is 11.8. The van der Waals surface area contributed by atoms with Gasteiger partial charge in [0.1, 0.15) is 0 Å². The highest BCUT2D eigenvalue weighted by atomic mass is 16.3. The molecule has 2 aliphatic rings. The van der Waals surface area contributed by atoms with E-state index in [1.165, 1.54) is 0 Å². The van der Waals surface area contributed by atoms with Gasteiger partial charge in [-0.25, -0.2) is 4.99 Å². The molecule has 0 radical (unpaired) electrons. The maximum absolute atomic E-state index is 13.9. The average molecular weight is 605 g/mol. The number of aliphatic imine (C=N–C) groups is 2. The quantitative estimate of drug-likeness (QED) is 0.194. The molecule has 2 aliphatic heterocycles. The fraction of sp³-hybridized carbons (Fsp3) is 0.0455. The Kier molecular flexibility index (Phi) is 7.37. The summed E-state index contributed by atoms with van der Waals surface area (Å²) in [5, 5.41) is 13.9. The lowest BCUT2D eigenvalue weighted by Crippen LogP contribution is -2.48. The van der Waals surface area contributed by atoms with Gasteiger partial charge in [0.25, 0.3) is 0 Å². The van der Waals surface area contributed by atoms with Crippen LogP contribution in [0, 0.1) is 0 Å². The highest BCUT2D eigenvalue weighted by Crippen LogP contribution is 2.53. The van der Waals surface area contributed by atoms with Crippen LogP contribution >= 0.6 is 0 Å². The van der Waals surface area contributed by atoms with E-state index < -0.39 is 5.60 Å². The van der Waals surface area contributed by atoms with Gasteiger partial charge in [0, 0.05) is 16.7 Å². The van der Waals surface area contributed by atoms with Crippen LogP contribution in [-0.4, -0.2) is 22.1 Å². The molecule has 0 saturated heterocycles. The van der Waals surface area contributed by atoms with E-state index in [-0.39, 0.29) is 5.92 Å². The Morgan fingerprint density at radius 1 is 0.404 bits per heavy atom. The van der Waals surface area contributed by atoms with Crippen LogP contribution in [0.2, 0.25) is 0 Å². The van der Waals surface area contributed by atoms with Crippen LogP contribution in [0.4, 0.5) is 0 Å². The molecule has 2 heterocycles. The zero-order chi connectivity index (χ0) is 31.6. The minimum Gasteiger partial charge on any atom is -0.373 e. The maximum atomic E-state index is 13.9. The molecule has 47 heavy (non-hydrogen) atoms. The molecular weight excluding hydrogens is 572 g/mol. The van der Waals surface area contributed by atoms with E-state index >= 15 is 0 Å². The van der Waals surface area contributed by atoms with E-state index in [1.807, 2.05) is 97.1 Å². The third kappa shape index (κ3) is 4.98. The van der Waals surface area contributed by atoms with Gasteiger partial charge in [0.2, 0.25) is 0 Å². The molecule has 0 bridgehead atoms. The first-order valence-electron chi connectivity index (χ1n) is 15.9. The van der Waals surface area contributed by atoms with Crippen LogP contribution in [0.5, 0.6) is 0 Å². The zero-order valence-electron chi connectivity index (χ0n) is 25.7. The molecular formula is C44H32N2O. The lowest BCUT2D eigenvalue weighted by Gasteiger charge is -2.34. The minimum atomic E-state index is -1.68. The number of benzene rings is 6. The van der Waals surface area contributed by atoms with Crippen molar-refractivity contribution >= 4 is 34.0 Å². The summed E-state index contributed by atoms with van der Waals surface area (Å²) in [5.74, 6) is -0.360. The molecule has 3 nitrogen and oxygen atoms in total. The highest BCUT2D eigenvalue weighted by molar-refractivity contribution is 6.39. The molecule has 2 atom stereocenters. The molecule has 0 aromatic heterocycles. The largest absolute Gasteiger partial charge is 0.373 e. The molecule has 6 aromatic carbocycles. The Morgan fingerprint density at radius 2 is 0.809 bits per heavy atom. The monoisotopic (exact) mass is 604 g/mol. The van der Waals surface area contributed by atoms with Gasteiger partial charge in [-0.15, -0.1) is 0 Å². The summed E-state index contributed by atoms with van der Waals surface area (Å²) in [7, 11) is 0. The number of allylic oxidation sites excluding steroid dienone is 1. The van der Waals surface area contributed by atoms with E-state index in [2.05, 4.69) is 84.9 Å². The van der Waals surface area contributed by atoms with Gasteiger partial charge < -0.3 is 5.11 Å². The Bertz CT molecular complexity index is 2150. The summed E-state index contributed by atoms with van der Waals surface area (Å²) >= 11 is 0. The summed E-state index contributed by atoms with van der Waals surface area (Å²) in [6.45, 7) is 0. The maximum Gasteiger partial charge on any atom is 0.174 e. The van der Waals surface area contributed by atoms with Crippen LogP contribution < -0.4 is 0 Å². The summed E-state index contributed by atoms with van der Waals surface area (Å²) in [6.07, 6.45) is 0. The van der Waals surface area contributed by atoms with Gasteiger partial charge in [0.15, 0.2) is 5.60 Å². The van der Waals surface area contributed by atoms with Crippen LogP contribution in [0.25, 0.3) is 22.5 Å². The number of rotatable bonds is 7. The second-order valence-corrected chi connectivity index (χ2v) is 11.8. The number of hydrogen-bond acceptors (Lipinski definition) is 3. The summed E-state index contributed by atoms with van der Waals surface area (Å²) < 4.78 is 0. The van der Waals surface area contributed by atoms with Crippen molar-refractivity contribution in [2.24, 2.45) is 9.98 Å². The van der Waals surface area contributed by atoms with Gasteiger partial charge >= 0.3 is 0 Å². The summed E-state index contributed by atoms with van der Waals surface area (Å²) in [6, 6.07) is 61.5. The van der Waals surface area contributed by atoms with Crippen molar-refractivity contribution in [3.05, 3.63) is 215 Å². The number of aliphatic hydroxyl groups is 1. The molecule has 0 spiro atoms. The number of nitrogens with zero attached hydrogens (tertiary/aromatic N) is 2. The van der Waals surface area contributed by atoms with E-state index in [1.54, 1.807) is 0 Å². The lowest BCUT2D eigenvalue weighted by molar-refractivity contribution is 0.243. The van der Waals surface area contributed by atoms with Crippen LogP contribution in [-0.2, 0) is 0 Å². The lowest BCUT2D eigenvalue weighted by atomic mass is 9.71. The molecule has 0 fully saturated rings. The van der Waals surface area contributed by atoms with Crippen molar-refractivity contribution < 1.29 is 5.11 Å². The SMILES string of the molecule is OC1(C2=NC(c3ccccc3)=C(c3ccccc3)C2c2ccccc2)C(c2ccccc2)=NC(c2ccccc2)=C1c1ccccc1. The standard InChI is InChI=1S/C44H32N2O/c47-44(39(33-23-11-3-12-24-33)41(35-27-15-5-16-28-35)46-42(44)36-29-17-6-18-30-36)43-38(32-21-9-2-10-22-32)37(31-19-7-1-8-20-31)40(45-43)34-25-13-4-14-26-34/h1-30,38,47H. The fourth-order valence-electron chi connectivity index (χ4n) is 6.93. The normalized spacial score (nSPS) is 19.1. The molecule has 8 rings (SSSR count).